The SMILES string of the molecule is Cc1ccc2ccc(-c3ccc(C(N[C@@H](CC(C)C)C(=O)NCC#N)C(F)(F)F)cc3)cc2n1. The molecule has 1 aromatic heterocycles. The zero-order valence-electron chi connectivity index (χ0n) is 19.3. The second-order valence-corrected chi connectivity index (χ2v) is 8.68. The van der Waals surface area contributed by atoms with Crippen LogP contribution in [0.4, 0.5) is 13.2 Å². The van der Waals surface area contributed by atoms with E-state index in [1.165, 1.54) is 12.1 Å². The van der Waals surface area contributed by atoms with E-state index >= 15 is 0 Å². The van der Waals surface area contributed by atoms with Gasteiger partial charge in [0.15, 0.2) is 0 Å². The van der Waals surface area contributed by atoms with Crippen molar-refractivity contribution in [2.24, 2.45) is 5.92 Å². The van der Waals surface area contributed by atoms with Crippen molar-refractivity contribution in [2.45, 2.75) is 45.5 Å². The molecule has 0 fully saturated rings. The molecule has 0 aliphatic rings. The zero-order valence-corrected chi connectivity index (χ0v) is 19.3. The lowest BCUT2D eigenvalue weighted by Gasteiger charge is -2.28. The number of benzene rings is 2. The molecule has 0 radical (unpaired) electrons. The van der Waals surface area contributed by atoms with Crippen LogP contribution in [0.5, 0.6) is 0 Å². The molecule has 3 aromatic rings. The molecule has 5 nitrogen and oxygen atoms in total. The van der Waals surface area contributed by atoms with E-state index in [9.17, 15) is 18.0 Å². The average Bonchev–Trinajstić information content (AvgIpc) is 2.78. The van der Waals surface area contributed by atoms with Gasteiger partial charge in [0.25, 0.3) is 0 Å². The molecule has 8 heteroatoms. The number of alkyl halides is 3. The molecule has 3 rings (SSSR count). The van der Waals surface area contributed by atoms with Gasteiger partial charge >= 0.3 is 6.18 Å². The Morgan fingerprint density at radius 3 is 2.32 bits per heavy atom. The number of aryl methyl sites for hydroxylation is 1. The number of hydrogen-bond donors (Lipinski definition) is 2. The van der Waals surface area contributed by atoms with Crippen LogP contribution >= 0.6 is 0 Å². The predicted octanol–water partition coefficient (Wildman–Crippen LogP) is 5.46. The molecular weight excluding hydrogens is 441 g/mol. The summed E-state index contributed by atoms with van der Waals surface area (Å²) in [4.78, 5) is 16.9. The van der Waals surface area contributed by atoms with Crippen LogP contribution in [0.15, 0.2) is 54.6 Å². The summed E-state index contributed by atoms with van der Waals surface area (Å²) < 4.78 is 42.0. The predicted molar refractivity (Wildman–Crippen MR) is 126 cm³/mol. The van der Waals surface area contributed by atoms with Crippen molar-refractivity contribution in [1.82, 2.24) is 15.6 Å². The van der Waals surface area contributed by atoms with Crippen molar-refractivity contribution in [1.29, 1.82) is 5.26 Å². The summed E-state index contributed by atoms with van der Waals surface area (Å²) in [6.07, 6.45) is -4.41. The van der Waals surface area contributed by atoms with Crippen LogP contribution in [0, 0.1) is 24.2 Å². The summed E-state index contributed by atoms with van der Waals surface area (Å²) in [5.74, 6) is -0.646. The first-order valence-electron chi connectivity index (χ1n) is 11.0. The van der Waals surface area contributed by atoms with Gasteiger partial charge in [-0.05, 0) is 48.1 Å². The standard InChI is InChI=1S/C26H27F3N4O/c1-16(2)14-23(25(34)31-13-12-30)33-24(26(27,28)29)20-9-6-18(7-10-20)21-11-8-19-5-4-17(3)32-22(19)15-21/h4-11,15-16,23-24,33H,13-14H2,1-3H3,(H,31,34)/t23-,24?/m0/s1. The molecule has 1 amide bonds. The number of nitriles is 1. The number of nitrogens with one attached hydrogen (secondary N) is 2. The highest BCUT2D eigenvalue weighted by atomic mass is 19.4. The third-order valence-electron chi connectivity index (χ3n) is 5.47. The summed E-state index contributed by atoms with van der Waals surface area (Å²) in [6.45, 7) is 5.28. The van der Waals surface area contributed by atoms with Crippen LogP contribution in [0.2, 0.25) is 0 Å². The summed E-state index contributed by atoms with van der Waals surface area (Å²) in [6, 6.07) is 14.4. The van der Waals surface area contributed by atoms with E-state index in [1.54, 1.807) is 18.2 Å². The molecule has 0 saturated heterocycles. The summed E-state index contributed by atoms with van der Waals surface area (Å²) in [5, 5.41) is 14.5. The highest BCUT2D eigenvalue weighted by molar-refractivity contribution is 5.84. The van der Waals surface area contributed by atoms with Crippen molar-refractivity contribution >= 4 is 16.8 Å². The van der Waals surface area contributed by atoms with E-state index in [4.69, 9.17) is 5.26 Å². The van der Waals surface area contributed by atoms with Crippen LogP contribution in [0.3, 0.4) is 0 Å². The van der Waals surface area contributed by atoms with E-state index in [0.29, 0.717) is 0 Å². The van der Waals surface area contributed by atoms with E-state index in [0.717, 1.165) is 27.7 Å². The van der Waals surface area contributed by atoms with Gasteiger partial charge in [-0.15, -0.1) is 0 Å². The molecule has 2 aromatic carbocycles. The van der Waals surface area contributed by atoms with Crippen LogP contribution < -0.4 is 10.6 Å². The summed E-state index contributed by atoms with van der Waals surface area (Å²) in [7, 11) is 0. The lowest BCUT2D eigenvalue weighted by atomic mass is 9.97. The monoisotopic (exact) mass is 468 g/mol. The molecule has 0 spiro atoms. The second-order valence-electron chi connectivity index (χ2n) is 8.68. The Morgan fingerprint density at radius 2 is 1.71 bits per heavy atom. The number of rotatable bonds is 8. The number of nitrogens with zero attached hydrogens (tertiary/aromatic N) is 2. The first-order chi connectivity index (χ1) is 16.1. The minimum Gasteiger partial charge on any atom is -0.342 e. The van der Waals surface area contributed by atoms with Crippen molar-refractivity contribution in [3.8, 4) is 17.2 Å². The molecule has 178 valence electrons. The number of halogens is 3. The number of amides is 1. The van der Waals surface area contributed by atoms with E-state index in [1.807, 2.05) is 51.1 Å². The number of pyridine rings is 1. The number of carbonyl (C=O) groups excluding carboxylic acids is 1. The van der Waals surface area contributed by atoms with Gasteiger partial charge in [0, 0.05) is 11.1 Å². The van der Waals surface area contributed by atoms with Gasteiger partial charge in [-0.1, -0.05) is 56.3 Å². The maximum absolute atomic E-state index is 14.0. The third kappa shape index (κ3) is 6.33. The molecule has 1 heterocycles. The number of carbonyl (C=O) groups is 1. The molecule has 0 bridgehead atoms. The summed E-state index contributed by atoms with van der Waals surface area (Å²) >= 11 is 0. The smallest absolute Gasteiger partial charge is 0.342 e. The minimum absolute atomic E-state index is 0.00727. The molecule has 2 N–H and O–H groups in total. The molecule has 34 heavy (non-hydrogen) atoms. The maximum Gasteiger partial charge on any atom is 0.407 e. The van der Waals surface area contributed by atoms with Crippen molar-refractivity contribution in [2.75, 3.05) is 6.54 Å². The number of aromatic nitrogens is 1. The average molecular weight is 469 g/mol. The van der Waals surface area contributed by atoms with Gasteiger partial charge in [0.2, 0.25) is 5.91 Å². The van der Waals surface area contributed by atoms with Crippen molar-refractivity contribution in [3.63, 3.8) is 0 Å². The molecule has 1 unspecified atom stereocenters. The fraction of sp³-hybridized carbons (Fsp3) is 0.346. The Hall–Kier alpha value is -3.44. The van der Waals surface area contributed by atoms with Crippen LogP contribution in [0.1, 0.15) is 37.6 Å². The molecule has 2 atom stereocenters. The van der Waals surface area contributed by atoms with Gasteiger partial charge in [0.05, 0.1) is 17.6 Å². The van der Waals surface area contributed by atoms with Gasteiger partial charge < -0.3 is 5.32 Å². The first kappa shape index (κ1) is 25.2. The molecular formula is C26H27F3N4O. The normalized spacial score (nSPS) is 13.5. The highest BCUT2D eigenvalue weighted by Gasteiger charge is 2.42. The number of fused-ring (bicyclic) bond motifs is 1. The zero-order chi connectivity index (χ0) is 24.9. The minimum atomic E-state index is -4.61. The van der Waals surface area contributed by atoms with E-state index in [2.05, 4.69) is 15.6 Å². The Balaban J connectivity index is 1.88. The van der Waals surface area contributed by atoms with Crippen LogP contribution in [-0.2, 0) is 4.79 Å². The Morgan fingerprint density at radius 1 is 1.06 bits per heavy atom. The van der Waals surface area contributed by atoms with Crippen LogP contribution in [-0.4, -0.2) is 29.7 Å². The van der Waals surface area contributed by atoms with Gasteiger partial charge in [-0.2, -0.15) is 18.4 Å². The van der Waals surface area contributed by atoms with Crippen LogP contribution in [0.25, 0.3) is 22.0 Å². The van der Waals surface area contributed by atoms with Gasteiger partial charge in [0.1, 0.15) is 12.6 Å². The fourth-order valence-corrected chi connectivity index (χ4v) is 3.82. The van der Waals surface area contributed by atoms with Crippen molar-refractivity contribution < 1.29 is 18.0 Å². The first-order valence-corrected chi connectivity index (χ1v) is 11.0. The highest BCUT2D eigenvalue weighted by Crippen LogP contribution is 2.35. The van der Waals surface area contributed by atoms with Crippen molar-refractivity contribution in [3.05, 3.63) is 65.9 Å². The van der Waals surface area contributed by atoms with E-state index in [-0.39, 0.29) is 24.4 Å². The molecule has 0 aliphatic heterocycles. The van der Waals surface area contributed by atoms with E-state index < -0.39 is 24.2 Å². The Kier molecular flexibility index (Phi) is 7.90. The summed E-state index contributed by atoms with van der Waals surface area (Å²) in [5.41, 5.74) is 3.32. The van der Waals surface area contributed by atoms with Gasteiger partial charge in [-0.25, -0.2) is 0 Å². The topological polar surface area (TPSA) is 77.8 Å². The molecule has 0 aliphatic carbocycles. The maximum atomic E-state index is 14.0. The van der Waals surface area contributed by atoms with Gasteiger partial charge in [-0.3, -0.25) is 15.1 Å². The molecule has 0 saturated carbocycles. The second kappa shape index (κ2) is 10.7. The number of hydrogen-bond acceptors (Lipinski definition) is 4. The Bertz CT molecular complexity index is 1180. The lowest BCUT2D eigenvalue weighted by molar-refractivity contribution is -0.161. The fourth-order valence-electron chi connectivity index (χ4n) is 3.82. The Labute approximate surface area is 197 Å². The lowest BCUT2D eigenvalue weighted by Crippen LogP contribution is -2.49. The third-order valence-corrected chi connectivity index (χ3v) is 5.47. The quantitative estimate of drug-likeness (QED) is 0.431. The largest absolute Gasteiger partial charge is 0.407 e.